The summed E-state index contributed by atoms with van der Waals surface area (Å²) in [7, 11) is -1.38. The molecule has 0 aromatic heterocycles. The second-order valence-corrected chi connectivity index (χ2v) is 12.1. The summed E-state index contributed by atoms with van der Waals surface area (Å²) in [6.45, 7) is 17.4. The van der Waals surface area contributed by atoms with Gasteiger partial charge in [-0.3, -0.25) is 9.59 Å². The zero-order valence-electron chi connectivity index (χ0n) is 21.3. The number of rotatable bonds is 2. The first kappa shape index (κ1) is 31.4. The van der Waals surface area contributed by atoms with Crippen LogP contribution in [0.5, 0.6) is 0 Å². The molecule has 0 aromatic rings. The number of allylic oxidation sites excluding steroid dienone is 6. The molecule has 0 saturated carbocycles. The Bertz CT molecular complexity index is 832. The first-order valence-corrected chi connectivity index (χ1v) is 14.8. The lowest BCUT2D eigenvalue weighted by molar-refractivity contribution is -0.137. The number of carbonyl (C=O) groups is 2. The molecule has 0 heterocycles. The topological polar surface area (TPSA) is 52.6 Å². The molecule has 0 N–H and O–H groups in total. The number of esters is 2. The normalized spacial score (nSPS) is 14.0. The van der Waals surface area contributed by atoms with Crippen LogP contribution in [0.2, 0.25) is 19.6 Å². The van der Waals surface area contributed by atoms with Gasteiger partial charge in [-0.15, -0.1) is 12.0 Å². The van der Waals surface area contributed by atoms with E-state index in [9.17, 15) is 9.59 Å². The van der Waals surface area contributed by atoms with Crippen molar-refractivity contribution in [1.29, 1.82) is 0 Å². The molecular weight excluding hydrogens is 416 g/mol. The van der Waals surface area contributed by atoms with Gasteiger partial charge in [-0.1, -0.05) is 71.3 Å². The maximum absolute atomic E-state index is 10.9. The summed E-state index contributed by atoms with van der Waals surface area (Å²) in [6.07, 6.45) is 16.6. The smallest absolute Gasteiger partial charge is 0.308 e. The molecule has 32 heavy (non-hydrogen) atoms. The van der Waals surface area contributed by atoms with Gasteiger partial charge in [0, 0.05) is 13.8 Å². The number of hydrogen-bond donors (Lipinski definition) is 0. The highest BCUT2D eigenvalue weighted by atomic mass is 28.3. The van der Waals surface area contributed by atoms with E-state index in [-0.39, 0.29) is 11.9 Å². The van der Waals surface area contributed by atoms with Crippen LogP contribution in [0.4, 0.5) is 0 Å². The third-order valence-corrected chi connectivity index (χ3v) is 4.33. The average molecular weight is 457 g/mol. The van der Waals surface area contributed by atoms with E-state index in [1.807, 2.05) is 52.0 Å². The van der Waals surface area contributed by atoms with Crippen molar-refractivity contribution in [3.63, 3.8) is 0 Å². The van der Waals surface area contributed by atoms with Gasteiger partial charge in [-0.2, -0.15) is 0 Å². The van der Waals surface area contributed by atoms with Gasteiger partial charge < -0.3 is 9.47 Å². The highest BCUT2D eigenvalue weighted by Crippen LogP contribution is 2.20. The minimum absolute atomic E-state index is 0.283. The second-order valence-electron chi connectivity index (χ2n) is 7.36. The Balaban J connectivity index is 0. The number of ether oxygens (including phenoxy) is 2. The van der Waals surface area contributed by atoms with Gasteiger partial charge >= 0.3 is 11.9 Å². The van der Waals surface area contributed by atoms with E-state index < -0.39 is 8.07 Å². The summed E-state index contributed by atoms with van der Waals surface area (Å²) in [5, 5.41) is 0. The number of hydrogen-bond acceptors (Lipinski definition) is 4. The zero-order chi connectivity index (χ0) is 25.2. The zero-order valence-corrected chi connectivity index (χ0v) is 22.3. The van der Waals surface area contributed by atoms with E-state index >= 15 is 0 Å². The molecule has 0 saturated heterocycles. The van der Waals surface area contributed by atoms with Crippen molar-refractivity contribution in [3.05, 3.63) is 47.0 Å². The van der Waals surface area contributed by atoms with Crippen molar-refractivity contribution in [1.82, 2.24) is 0 Å². The highest BCUT2D eigenvalue weighted by molar-refractivity contribution is 6.83. The molecule has 2 aliphatic carbocycles. The fourth-order valence-corrected chi connectivity index (χ4v) is 2.82. The van der Waals surface area contributed by atoms with Crippen LogP contribution in [0.25, 0.3) is 0 Å². The van der Waals surface area contributed by atoms with Crippen molar-refractivity contribution < 1.29 is 19.1 Å². The van der Waals surface area contributed by atoms with Crippen LogP contribution < -0.4 is 0 Å². The average Bonchev–Trinajstić information content (AvgIpc) is 2.75. The first-order chi connectivity index (χ1) is 15.1. The minimum Gasteiger partial charge on any atom is -0.426 e. The third kappa shape index (κ3) is 15.1. The molecule has 2 aliphatic rings. The van der Waals surface area contributed by atoms with E-state index in [4.69, 9.17) is 15.9 Å². The highest BCUT2D eigenvalue weighted by Gasteiger charge is 2.13. The van der Waals surface area contributed by atoms with Crippen LogP contribution in [-0.2, 0) is 19.1 Å². The molecule has 5 heteroatoms. The Morgan fingerprint density at radius 1 is 0.781 bits per heavy atom. The lowest BCUT2D eigenvalue weighted by Crippen LogP contribution is -2.16. The summed E-state index contributed by atoms with van der Waals surface area (Å²) in [5.41, 5.74) is 4.83. The van der Waals surface area contributed by atoms with Gasteiger partial charge in [-0.25, -0.2) is 0 Å². The standard InChI is InChI=1S/C13H18O2Si.C10H10O2.2C2H6/c1-11(14)15-13-8-6-5-7-12(13)9-10-16(2,3)4;1-3-9-6-4-5-7-10(9)12-8(2)11;2*1-2/h7-8H,5-6H2,1-4H3;1,6-7H,4-5H2,2H3;2*1-2H3. The summed E-state index contributed by atoms with van der Waals surface area (Å²) in [4.78, 5) is 21.5. The van der Waals surface area contributed by atoms with E-state index in [1.165, 1.54) is 13.8 Å². The lowest BCUT2D eigenvalue weighted by atomic mass is 10.1. The van der Waals surface area contributed by atoms with Crippen molar-refractivity contribution in [2.75, 3.05) is 0 Å². The molecule has 0 fully saturated rings. The predicted molar refractivity (Wildman–Crippen MR) is 137 cm³/mol. The van der Waals surface area contributed by atoms with E-state index in [0.29, 0.717) is 17.1 Å². The van der Waals surface area contributed by atoms with E-state index in [2.05, 4.69) is 37.0 Å². The molecule has 0 aromatic carbocycles. The fraction of sp³-hybridized carbons (Fsp3) is 0.481. The molecular formula is C27H40O4Si. The molecule has 0 amide bonds. The Morgan fingerprint density at radius 3 is 1.53 bits per heavy atom. The second kappa shape index (κ2) is 17.9. The Morgan fingerprint density at radius 2 is 1.16 bits per heavy atom. The van der Waals surface area contributed by atoms with Gasteiger partial charge in [0.05, 0.1) is 11.1 Å². The molecule has 2 rings (SSSR count). The van der Waals surface area contributed by atoms with Crippen molar-refractivity contribution >= 4 is 20.0 Å². The van der Waals surface area contributed by atoms with Crippen LogP contribution >= 0.6 is 0 Å². The first-order valence-electron chi connectivity index (χ1n) is 11.3. The van der Waals surface area contributed by atoms with Crippen molar-refractivity contribution in [2.45, 2.75) is 86.9 Å². The van der Waals surface area contributed by atoms with Crippen molar-refractivity contribution in [3.8, 4) is 23.8 Å². The van der Waals surface area contributed by atoms with Gasteiger partial charge in [0.25, 0.3) is 0 Å². The van der Waals surface area contributed by atoms with E-state index in [0.717, 1.165) is 31.3 Å². The molecule has 0 aliphatic heterocycles. The Kier molecular flexibility index (Phi) is 17.5. The molecule has 0 bridgehead atoms. The maximum atomic E-state index is 10.9. The van der Waals surface area contributed by atoms with Crippen LogP contribution in [-0.4, -0.2) is 20.0 Å². The van der Waals surface area contributed by atoms with Gasteiger partial charge in [-0.05, 0) is 37.8 Å². The largest absolute Gasteiger partial charge is 0.426 e. The van der Waals surface area contributed by atoms with Gasteiger partial charge in [0.2, 0.25) is 0 Å². The van der Waals surface area contributed by atoms with Crippen LogP contribution in [0.1, 0.15) is 67.2 Å². The summed E-state index contributed by atoms with van der Waals surface area (Å²) >= 11 is 0. The maximum Gasteiger partial charge on any atom is 0.308 e. The molecule has 176 valence electrons. The van der Waals surface area contributed by atoms with Gasteiger partial charge in [0.1, 0.15) is 19.6 Å². The SMILES string of the molecule is C#CC1=CCCC=C1OC(C)=O.CC.CC.CC(=O)OC1=CCCC=C1C#C[Si](C)(C)C. The third-order valence-electron chi connectivity index (χ3n) is 3.46. The molecule has 0 atom stereocenters. The summed E-state index contributed by atoms with van der Waals surface area (Å²) in [5.74, 6) is 6.16. The lowest BCUT2D eigenvalue weighted by Gasteiger charge is -2.11. The van der Waals surface area contributed by atoms with Gasteiger partial charge in [0.15, 0.2) is 0 Å². The summed E-state index contributed by atoms with van der Waals surface area (Å²) in [6, 6.07) is 0. The van der Waals surface area contributed by atoms with E-state index in [1.54, 1.807) is 0 Å². The molecule has 4 nitrogen and oxygen atoms in total. The molecule has 0 unspecified atom stereocenters. The molecule has 0 spiro atoms. The number of carbonyl (C=O) groups excluding carboxylic acids is 2. The monoisotopic (exact) mass is 456 g/mol. The fourth-order valence-electron chi connectivity index (χ4n) is 2.31. The minimum atomic E-state index is -1.38. The predicted octanol–water partition coefficient (Wildman–Crippen LogP) is 6.87. The number of terminal acetylenes is 1. The molecule has 0 radical (unpaired) electrons. The van der Waals surface area contributed by atoms with Crippen LogP contribution in [0.3, 0.4) is 0 Å². The van der Waals surface area contributed by atoms with Crippen LogP contribution in [0, 0.1) is 23.8 Å². The summed E-state index contributed by atoms with van der Waals surface area (Å²) < 4.78 is 10.0. The Hall–Kier alpha value is -2.76. The quantitative estimate of drug-likeness (QED) is 0.258. The Labute approximate surface area is 196 Å². The van der Waals surface area contributed by atoms with Crippen LogP contribution in [0.15, 0.2) is 47.0 Å². The van der Waals surface area contributed by atoms with Crippen molar-refractivity contribution in [2.24, 2.45) is 0 Å².